The molecule has 352 valence electrons. The molecule has 2 aromatic rings. The highest BCUT2D eigenvalue weighted by Crippen LogP contribution is 2.72. The van der Waals surface area contributed by atoms with Crippen molar-refractivity contribution in [3.05, 3.63) is 58.7 Å². The number of quaternary nitrogens is 2. The molecule has 12 heterocycles. The average molecular weight is 929 g/mol. The maximum atomic E-state index is 14.5. The predicted octanol–water partition coefficient (Wildman–Crippen LogP) is 6.06. The molecule has 2 aromatic carbocycles. The monoisotopic (exact) mass is 928 g/mol. The fourth-order valence-corrected chi connectivity index (χ4v) is 22.8. The molecule has 0 N–H and O–H groups in total. The molecule has 2 unspecified atom stereocenters. The molecule has 67 heavy (non-hydrogen) atoms. The van der Waals surface area contributed by atoms with E-state index < -0.39 is 0 Å². The molecule has 2 amide bonds. The van der Waals surface area contributed by atoms with Gasteiger partial charge < -0.3 is 47.2 Å². The van der Waals surface area contributed by atoms with Crippen molar-refractivity contribution in [3.8, 4) is 23.0 Å². The van der Waals surface area contributed by atoms with Crippen LogP contribution in [0.25, 0.3) is 0 Å². The van der Waals surface area contributed by atoms with Crippen molar-refractivity contribution < 1.29 is 47.0 Å². The largest absolute Gasteiger partial charge is 0.493 e. The number of ether oxygens (including phenoxy) is 6. The molecule has 6 bridgehead atoms. The van der Waals surface area contributed by atoms with Crippen LogP contribution in [-0.2, 0) is 29.9 Å². The van der Waals surface area contributed by atoms with E-state index in [0.29, 0.717) is 95.9 Å². The van der Waals surface area contributed by atoms with Gasteiger partial charge in [0.2, 0.25) is 11.8 Å². The van der Waals surface area contributed by atoms with Gasteiger partial charge in [-0.3, -0.25) is 9.59 Å². The lowest BCUT2D eigenvalue weighted by molar-refractivity contribution is -0.970. The summed E-state index contributed by atoms with van der Waals surface area (Å²) in [4.78, 5) is 33.6. The van der Waals surface area contributed by atoms with Gasteiger partial charge in [0.1, 0.15) is 37.3 Å². The van der Waals surface area contributed by atoms with Crippen molar-refractivity contribution in [2.75, 3.05) is 77.6 Å². The van der Waals surface area contributed by atoms with Gasteiger partial charge in [-0.1, -0.05) is 12.2 Å². The summed E-state index contributed by atoms with van der Waals surface area (Å²) in [7, 11) is 6.94. The molecule has 12 aliphatic heterocycles. The summed E-state index contributed by atoms with van der Waals surface area (Å²) in [5.41, 5.74) is 7.78. The first-order valence-electron chi connectivity index (χ1n) is 25.9. The standard InChI is InChI=1S/C54H64N4O8S/c1-61-37-19-31-33(21-39(37)63-3)55-47(59)23-41-49-29-17-45-53(31,51(49)55)11-13-57(45,25-27(29)9-15-65-41)35-5-7-44-36(6-8-43(35)67-44)58-14-12-54-32-20-38(62-2)40(64-4)22-34(32)56-48(60)24-42-50(52(54)56)30(18-46(54)58)28(26-58)10-16-66-42/h9-10,19-22,29-30,35-36,41-46,49-52H,5-8,11-18,23-26H2,1-4H3/q+2/t29-,30-,35+,36+,41-,42-,43+,44+,45-,46-,49-,50-,51-,52-,53+,54+,57?,58?/m0/s1. The first-order valence-corrected chi connectivity index (χ1v) is 26.8. The third-order valence-corrected chi connectivity index (χ3v) is 24.3. The van der Waals surface area contributed by atoms with E-state index in [0.717, 1.165) is 48.8 Å². The zero-order valence-electron chi connectivity index (χ0n) is 39.3. The Morgan fingerprint density at radius 2 is 1.04 bits per heavy atom. The van der Waals surface area contributed by atoms with Crippen LogP contribution in [0.3, 0.4) is 0 Å². The molecule has 13 heteroatoms. The van der Waals surface area contributed by atoms with Crippen LogP contribution in [0.2, 0.25) is 0 Å². The van der Waals surface area contributed by atoms with Gasteiger partial charge in [-0.2, -0.15) is 0 Å². The van der Waals surface area contributed by atoms with Gasteiger partial charge in [-0.05, 0) is 59.1 Å². The molecular formula is C54H64N4O8S+2. The maximum Gasteiger partial charge on any atom is 0.229 e. The van der Waals surface area contributed by atoms with Crippen LogP contribution in [0.15, 0.2) is 47.6 Å². The van der Waals surface area contributed by atoms with Crippen molar-refractivity contribution in [2.45, 2.75) is 134 Å². The molecule has 8 saturated heterocycles. The Morgan fingerprint density at radius 1 is 0.612 bits per heavy atom. The highest BCUT2D eigenvalue weighted by Gasteiger charge is 2.80. The van der Waals surface area contributed by atoms with E-state index in [4.69, 9.17) is 28.4 Å². The molecule has 0 aromatic heterocycles. The van der Waals surface area contributed by atoms with Gasteiger partial charge in [0, 0.05) is 62.5 Å². The normalized spacial score (nSPS) is 47.9. The Bertz CT molecular complexity index is 2500. The molecular weight excluding hydrogens is 865 g/mol. The predicted molar refractivity (Wildman–Crippen MR) is 251 cm³/mol. The number of nitrogens with zero attached hydrogens (tertiary/aromatic N) is 4. The van der Waals surface area contributed by atoms with Crippen LogP contribution in [-0.4, -0.2) is 148 Å². The molecule has 12 nitrogen and oxygen atoms in total. The summed E-state index contributed by atoms with van der Waals surface area (Å²) >= 11 is 2.40. The zero-order chi connectivity index (χ0) is 44.7. The summed E-state index contributed by atoms with van der Waals surface area (Å²) in [5, 5.41) is 1.21. The SMILES string of the molecule is COc1cc2c(cc1OC)[C@@]13CC[N+]4([C@@H]5CC[C@H]6S[C@@H]5CC[C@H]6[N+]56CC[C@@]78c9cc(OC)c(OC)cc9N9C(=O)C[C@@H]%10OCC=C(C5)[C@H](C[C@@H]76)[C@@H]%10[C@H]98)CC5=CCO[C@H]6CC(=O)N2[C@H]1[C@H]6[C@H]5C[C@@H]34. The van der Waals surface area contributed by atoms with E-state index in [1.54, 1.807) is 39.6 Å². The number of methoxy groups -OCH3 is 4. The minimum absolute atomic E-state index is 0.0328. The lowest BCUT2D eigenvalue weighted by Gasteiger charge is -2.65. The molecule has 0 radical (unpaired) electrons. The fourth-order valence-electron chi connectivity index (χ4n) is 20.6. The highest BCUT2D eigenvalue weighted by atomic mass is 32.2. The maximum absolute atomic E-state index is 14.5. The smallest absolute Gasteiger partial charge is 0.229 e. The minimum atomic E-state index is -0.137. The Morgan fingerprint density at radius 3 is 1.48 bits per heavy atom. The van der Waals surface area contributed by atoms with E-state index in [-0.39, 0.29) is 46.9 Å². The van der Waals surface area contributed by atoms with Gasteiger partial charge in [0.05, 0.1) is 125 Å². The molecule has 2 aliphatic carbocycles. The Kier molecular flexibility index (Phi) is 7.86. The van der Waals surface area contributed by atoms with E-state index in [1.165, 1.54) is 71.7 Å². The van der Waals surface area contributed by atoms with Crippen molar-refractivity contribution in [2.24, 2.45) is 23.7 Å². The fraction of sp³-hybridized carbons (Fsp3) is 0.667. The van der Waals surface area contributed by atoms with Crippen LogP contribution in [0, 0.1) is 23.7 Å². The summed E-state index contributed by atoms with van der Waals surface area (Å²) < 4.78 is 39.8. The van der Waals surface area contributed by atoms with E-state index in [2.05, 4.69) is 58.0 Å². The number of amides is 2. The van der Waals surface area contributed by atoms with Crippen molar-refractivity contribution in [1.29, 1.82) is 0 Å². The number of fused-ring (bicyclic) bond motifs is 6. The number of rotatable bonds is 6. The summed E-state index contributed by atoms with van der Waals surface area (Å²) in [5.74, 6) is 4.92. The van der Waals surface area contributed by atoms with Crippen LogP contribution >= 0.6 is 11.8 Å². The molecule has 18 atom stereocenters. The zero-order valence-corrected chi connectivity index (χ0v) is 40.1. The minimum Gasteiger partial charge on any atom is -0.493 e. The number of carbonyl (C=O) groups excluding carboxylic acids is 2. The number of piperidine rings is 4. The Balaban J connectivity index is 0.779. The first-order chi connectivity index (χ1) is 32.7. The second kappa shape index (κ2) is 13.2. The lowest BCUT2D eigenvalue weighted by Crippen LogP contribution is -2.77. The molecule has 2 saturated carbocycles. The van der Waals surface area contributed by atoms with Gasteiger partial charge in [-0.15, -0.1) is 11.8 Å². The topological polar surface area (TPSA) is 96.0 Å². The number of carbonyl (C=O) groups is 2. The lowest BCUT2D eigenvalue weighted by atomic mass is 9.52. The number of hydrogen-bond acceptors (Lipinski definition) is 9. The first kappa shape index (κ1) is 40.0. The van der Waals surface area contributed by atoms with Crippen LogP contribution < -0.4 is 28.7 Å². The number of anilines is 2. The highest BCUT2D eigenvalue weighted by molar-refractivity contribution is 8.00. The van der Waals surface area contributed by atoms with Crippen LogP contribution in [0.4, 0.5) is 11.4 Å². The Labute approximate surface area is 397 Å². The number of thioether (sulfide) groups is 1. The van der Waals surface area contributed by atoms with Gasteiger partial charge >= 0.3 is 0 Å². The van der Waals surface area contributed by atoms with Gasteiger partial charge in [0.15, 0.2) is 23.0 Å². The third kappa shape index (κ3) is 4.41. The second-order valence-corrected chi connectivity index (χ2v) is 25.0. The number of benzene rings is 2. The summed E-state index contributed by atoms with van der Waals surface area (Å²) in [6, 6.07) is 11.1. The van der Waals surface area contributed by atoms with Crippen LogP contribution in [0.1, 0.15) is 75.3 Å². The molecule has 2 spiro atoms. The van der Waals surface area contributed by atoms with Crippen molar-refractivity contribution >= 4 is 35.0 Å². The number of hydrogen-bond donors (Lipinski definition) is 0. The Hall–Kier alpha value is -3.75. The third-order valence-electron chi connectivity index (χ3n) is 22.5. The van der Waals surface area contributed by atoms with Crippen molar-refractivity contribution in [1.82, 2.24) is 0 Å². The van der Waals surface area contributed by atoms with E-state index >= 15 is 0 Å². The van der Waals surface area contributed by atoms with Crippen LogP contribution in [0.5, 0.6) is 23.0 Å². The van der Waals surface area contributed by atoms with Crippen molar-refractivity contribution in [3.63, 3.8) is 0 Å². The summed E-state index contributed by atoms with van der Waals surface area (Å²) in [6.07, 6.45) is 15.4. The molecule has 14 aliphatic rings. The quantitative estimate of drug-likeness (QED) is 0.254. The van der Waals surface area contributed by atoms with Gasteiger partial charge in [0.25, 0.3) is 0 Å². The average Bonchev–Trinajstić information content (AvgIpc) is 3.99. The van der Waals surface area contributed by atoms with Gasteiger partial charge in [-0.25, -0.2) is 0 Å². The van der Waals surface area contributed by atoms with E-state index in [1.807, 2.05) is 0 Å². The second-order valence-electron chi connectivity index (χ2n) is 23.5. The summed E-state index contributed by atoms with van der Waals surface area (Å²) in [6.45, 7) is 5.86. The van der Waals surface area contributed by atoms with E-state index in [9.17, 15) is 9.59 Å². The molecule has 10 fully saturated rings. The molecule has 16 rings (SSSR count).